The first-order valence-corrected chi connectivity index (χ1v) is 8.94. The second-order valence-electron chi connectivity index (χ2n) is 5.75. The van der Waals surface area contributed by atoms with Crippen LogP contribution in [0.4, 0.5) is 5.69 Å². The van der Waals surface area contributed by atoms with Crippen LogP contribution in [-0.4, -0.2) is 41.8 Å². The number of piperidine rings is 1. The largest absolute Gasteiger partial charge is 0.399 e. The average Bonchev–Trinajstić information content (AvgIpc) is 2.80. The minimum absolute atomic E-state index is 0.462. The van der Waals surface area contributed by atoms with Gasteiger partial charge < -0.3 is 5.73 Å². The number of nitrogen functional groups attached to an aromatic ring is 1. The minimum Gasteiger partial charge on any atom is -0.399 e. The Kier molecular flexibility index (Phi) is 3.62. The third-order valence-electron chi connectivity index (χ3n) is 4.14. The number of anilines is 1. The highest BCUT2D eigenvalue weighted by molar-refractivity contribution is 7.88. The number of sulfonamides is 1. The lowest BCUT2D eigenvalue weighted by molar-refractivity contribution is 0.250. The lowest BCUT2D eigenvalue weighted by Gasteiger charge is -2.30. The quantitative estimate of drug-likeness (QED) is 0.866. The van der Waals surface area contributed by atoms with Crippen LogP contribution in [0, 0.1) is 5.92 Å². The maximum atomic E-state index is 11.5. The van der Waals surface area contributed by atoms with Gasteiger partial charge in [0.2, 0.25) is 10.0 Å². The van der Waals surface area contributed by atoms with E-state index in [9.17, 15) is 8.42 Å². The molecule has 1 saturated heterocycles. The lowest BCUT2D eigenvalue weighted by atomic mass is 9.98. The molecule has 2 N–H and O–H groups in total. The Hall–Kier alpha value is -1.60. The summed E-state index contributed by atoms with van der Waals surface area (Å²) in [6, 6.07) is 5.79. The highest BCUT2D eigenvalue weighted by Gasteiger charge is 2.25. The summed E-state index contributed by atoms with van der Waals surface area (Å²) >= 11 is 0. The van der Waals surface area contributed by atoms with Gasteiger partial charge in [0.25, 0.3) is 0 Å². The zero-order chi connectivity index (χ0) is 15.0. The average molecular weight is 308 g/mol. The second-order valence-corrected chi connectivity index (χ2v) is 7.73. The predicted octanol–water partition coefficient (Wildman–Crippen LogP) is 1.29. The molecular formula is C14H20N4O2S. The fourth-order valence-corrected chi connectivity index (χ4v) is 3.79. The van der Waals surface area contributed by atoms with E-state index in [1.54, 1.807) is 4.31 Å². The van der Waals surface area contributed by atoms with Crippen molar-refractivity contribution in [1.29, 1.82) is 0 Å². The summed E-state index contributed by atoms with van der Waals surface area (Å²) in [4.78, 5) is 0. The molecule has 1 aliphatic heterocycles. The van der Waals surface area contributed by atoms with Gasteiger partial charge >= 0.3 is 0 Å². The minimum atomic E-state index is -3.05. The Balaban J connectivity index is 1.70. The van der Waals surface area contributed by atoms with Gasteiger partial charge in [-0.3, -0.25) is 4.68 Å². The van der Waals surface area contributed by atoms with E-state index in [2.05, 4.69) is 5.10 Å². The van der Waals surface area contributed by atoms with Crippen molar-refractivity contribution in [3.63, 3.8) is 0 Å². The van der Waals surface area contributed by atoms with Crippen LogP contribution in [0.3, 0.4) is 0 Å². The van der Waals surface area contributed by atoms with E-state index in [1.807, 2.05) is 29.1 Å². The van der Waals surface area contributed by atoms with Crippen LogP contribution in [0.5, 0.6) is 0 Å². The fraction of sp³-hybridized carbons (Fsp3) is 0.500. The summed E-state index contributed by atoms with van der Waals surface area (Å²) < 4.78 is 26.6. The molecule has 0 bridgehead atoms. The van der Waals surface area contributed by atoms with Crippen molar-refractivity contribution in [3.8, 4) is 0 Å². The molecule has 0 saturated carbocycles. The van der Waals surface area contributed by atoms with Crippen LogP contribution < -0.4 is 5.73 Å². The van der Waals surface area contributed by atoms with Crippen molar-refractivity contribution in [2.24, 2.45) is 5.92 Å². The van der Waals surface area contributed by atoms with Crippen molar-refractivity contribution in [2.75, 3.05) is 25.1 Å². The molecule has 1 aromatic heterocycles. The molecule has 0 aliphatic carbocycles. The Morgan fingerprint density at radius 2 is 2.05 bits per heavy atom. The maximum absolute atomic E-state index is 11.5. The van der Waals surface area contributed by atoms with Gasteiger partial charge in [0.1, 0.15) is 0 Å². The standard InChI is InChI=1S/C14H20N4O2S/c1-21(19,20)17-6-4-11(5-7-17)10-18-14-3-2-13(15)8-12(14)9-16-18/h2-3,8-9,11H,4-7,10,15H2,1H3. The van der Waals surface area contributed by atoms with Crippen molar-refractivity contribution in [3.05, 3.63) is 24.4 Å². The van der Waals surface area contributed by atoms with E-state index in [4.69, 9.17) is 5.73 Å². The number of fused-ring (bicyclic) bond motifs is 1. The van der Waals surface area contributed by atoms with Gasteiger partial charge in [0.15, 0.2) is 0 Å². The number of nitrogens with zero attached hydrogens (tertiary/aromatic N) is 3. The number of benzene rings is 1. The maximum Gasteiger partial charge on any atom is 0.211 e. The van der Waals surface area contributed by atoms with Crippen LogP contribution in [0.25, 0.3) is 10.9 Å². The molecule has 1 aromatic carbocycles. The monoisotopic (exact) mass is 308 g/mol. The number of aromatic nitrogens is 2. The van der Waals surface area contributed by atoms with Crippen molar-refractivity contribution in [2.45, 2.75) is 19.4 Å². The smallest absolute Gasteiger partial charge is 0.211 e. The van der Waals surface area contributed by atoms with Crippen molar-refractivity contribution in [1.82, 2.24) is 14.1 Å². The third-order valence-corrected chi connectivity index (χ3v) is 5.44. The van der Waals surface area contributed by atoms with Crippen molar-refractivity contribution >= 4 is 26.6 Å². The summed E-state index contributed by atoms with van der Waals surface area (Å²) in [5, 5.41) is 5.47. The van der Waals surface area contributed by atoms with Gasteiger partial charge in [-0.15, -0.1) is 0 Å². The number of rotatable bonds is 3. The van der Waals surface area contributed by atoms with Gasteiger partial charge in [-0.2, -0.15) is 5.10 Å². The Morgan fingerprint density at radius 1 is 1.33 bits per heavy atom. The number of nitrogens with two attached hydrogens (primary N) is 1. The van der Waals surface area contributed by atoms with Crippen LogP contribution in [0.1, 0.15) is 12.8 Å². The SMILES string of the molecule is CS(=O)(=O)N1CCC(Cn2ncc3cc(N)ccc32)CC1. The van der Waals surface area contributed by atoms with Crippen LogP contribution in [0.15, 0.2) is 24.4 Å². The summed E-state index contributed by atoms with van der Waals surface area (Å²) in [5.41, 5.74) is 7.59. The first-order valence-electron chi connectivity index (χ1n) is 7.09. The molecule has 0 unspecified atom stereocenters. The summed E-state index contributed by atoms with van der Waals surface area (Å²) in [6.07, 6.45) is 4.86. The molecule has 0 atom stereocenters. The van der Waals surface area contributed by atoms with Crippen molar-refractivity contribution < 1.29 is 8.42 Å². The summed E-state index contributed by atoms with van der Waals surface area (Å²) in [7, 11) is -3.05. The second kappa shape index (κ2) is 5.31. The molecule has 0 amide bonds. The molecule has 1 fully saturated rings. The van der Waals surface area contributed by atoms with Crippen LogP contribution >= 0.6 is 0 Å². The Bertz CT molecular complexity index is 745. The summed E-state index contributed by atoms with van der Waals surface area (Å²) in [6.45, 7) is 2.04. The van der Waals surface area contributed by atoms with E-state index in [0.717, 1.165) is 36.0 Å². The van der Waals surface area contributed by atoms with Gasteiger partial charge in [0.05, 0.1) is 18.0 Å². The molecule has 3 rings (SSSR count). The zero-order valence-corrected chi connectivity index (χ0v) is 12.9. The third kappa shape index (κ3) is 3.03. The molecule has 2 heterocycles. The molecule has 6 nitrogen and oxygen atoms in total. The lowest BCUT2D eigenvalue weighted by Crippen LogP contribution is -2.38. The van der Waals surface area contributed by atoms with E-state index < -0.39 is 10.0 Å². The Morgan fingerprint density at radius 3 is 2.71 bits per heavy atom. The van der Waals surface area contributed by atoms with E-state index >= 15 is 0 Å². The fourth-order valence-electron chi connectivity index (χ4n) is 2.92. The van der Waals surface area contributed by atoms with Gasteiger partial charge in [-0.05, 0) is 37.0 Å². The van der Waals surface area contributed by atoms with Gasteiger partial charge in [0, 0.05) is 30.7 Å². The Labute approximate surface area is 124 Å². The predicted molar refractivity (Wildman–Crippen MR) is 83.3 cm³/mol. The number of hydrogen-bond acceptors (Lipinski definition) is 4. The molecule has 0 radical (unpaired) electrons. The zero-order valence-electron chi connectivity index (χ0n) is 12.1. The highest BCUT2D eigenvalue weighted by atomic mass is 32.2. The van der Waals surface area contributed by atoms with E-state index in [-0.39, 0.29) is 0 Å². The first kappa shape index (κ1) is 14.3. The molecule has 7 heteroatoms. The number of hydrogen-bond donors (Lipinski definition) is 1. The summed E-state index contributed by atoms with van der Waals surface area (Å²) in [5.74, 6) is 0.462. The molecule has 1 aliphatic rings. The molecule has 2 aromatic rings. The topological polar surface area (TPSA) is 81.2 Å². The highest BCUT2D eigenvalue weighted by Crippen LogP contribution is 2.23. The van der Waals surface area contributed by atoms with Crippen LogP contribution in [0.2, 0.25) is 0 Å². The van der Waals surface area contributed by atoms with Gasteiger partial charge in [-0.1, -0.05) is 0 Å². The molecule has 114 valence electrons. The molecular weight excluding hydrogens is 288 g/mol. The molecule has 21 heavy (non-hydrogen) atoms. The first-order chi connectivity index (χ1) is 9.93. The van der Waals surface area contributed by atoms with Crippen LogP contribution in [-0.2, 0) is 16.6 Å². The van der Waals surface area contributed by atoms with E-state index in [1.165, 1.54) is 6.26 Å². The normalized spacial score (nSPS) is 18.3. The molecule has 0 spiro atoms. The van der Waals surface area contributed by atoms with E-state index in [0.29, 0.717) is 19.0 Å². The van der Waals surface area contributed by atoms with Gasteiger partial charge in [-0.25, -0.2) is 12.7 Å².